The van der Waals surface area contributed by atoms with Gasteiger partial charge >= 0.3 is 0 Å². The van der Waals surface area contributed by atoms with Crippen LogP contribution in [0.15, 0.2) is 18.2 Å². The van der Waals surface area contributed by atoms with Crippen LogP contribution >= 0.6 is 0 Å². The summed E-state index contributed by atoms with van der Waals surface area (Å²) in [5.41, 5.74) is 1.90. The molecule has 2 nitrogen and oxygen atoms in total. The van der Waals surface area contributed by atoms with E-state index in [1.807, 2.05) is 12.1 Å². The van der Waals surface area contributed by atoms with Gasteiger partial charge in [-0.15, -0.1) is 0 Å². The van der Waals surface area contributed by atoms with Crippen LogP contribution in [0.25, 0.3) is 0 Å². The van der Waals surface area contributed by atoms with Gasteiger partial charge in [0.15, 0.2) is 0 Å². The van der Waals surface area contributed by atoms with Crippen molar-refractivity contribution >= 4 is 5.69 Å². The molecule has 100 valence electrons. The Bertz CT molecular complexity index is 388. The molecule has 0 atom stereocenters. The number of halogens is 1. The summed E-state index contributed by atoms with van der Waals surface area (Å²) in [4.78, 5) is 2.27. The second-order valence-electron chi connectivity index (χ2n) is 4.95. The van der Waals surface area contributed by atoms with Gasteiger partial charge in [0.1, 0.15) is 5.82 Å². The number of nitrogens with one attached hydrogen (secondary N) is 1. The van der Waals surface area contributed by atoms with Crippen LogP contribution in [0.3, 0.4) is 0 Å². The minimum Gasteiger partial charge on any atom is -0.366 e. The predicted molar refractivity (Wildman–Crippen MR) is 74.4 cm³/mol. The Kier molecular flexibility index (Phi) is 4.59. The van der Waals surface area contributed by atoms with E-state index in [0.717, 1.165) is 37.3 Å². The van der Waals surface area contributed by atoms with Crippen LogP contribution < -0.4 is 10.2 Å². The van der Waals surface area contributed by atoms with Crippen LogP contribution in [-0.2, 0) is 6.54 Å². The van der Waals surface area contributed by atoms with Gasteiger partial charge in [0.25, 0.3) is 0 Å². The van der Waals surface area contributed by atoms with Crippen LogP contribution in [0.1, 0.15) is 38.7 Å². The van der Waals surface area contributed by atoms with Gasteiger partial charge in [-0.2, -0.15) is 0 Å². The largest absolute Gasteiger partial charge is 0.366 e. The Hall–Kier alpha value is -1.09. The Labute approximate surface area is 109 Å². The van der Waals surface area contributed by atoms with Gasteiger partial charge in [0, 0.05) is 19.1 Å². The van der Waals surface area contributed by atoms with Gasteiger partial charge in [-0.1, -0.05) is 26.0 Å². The van der Waals surface area contributed by atoms with Gasteiger partial charge < -0.3 is 10.2 Å². The first-order valence-electron chi connectivity index (χ1n) is 7.02. The van der Waals surface area contributed by atoms with Crippen LogP contribution in [0.5, 0.6) is 0 Å². The monoisotopic (exact) mass is 250 g/mol. The van der Waals surface area contributed by atoms with E-state index in [0.29, 0.717) is 6.04 Å². The normalized spacial score (nSPS) is 14.8. The van der Waals surface area contributed by atoms with E-state index in [9.17, 15) is 4.39 Å². The number of anilines is 1. The van der Waals surface area contributed by atoms with Gasteiger partial charge in [-0.3, -0.25) is 0 Å². The predicted octanol–water partition coefficient (Wildman–Crippen LogP) is 3.31. The molecule has 0 spiro atoms. The number of rotatable bonds is 7. The Balaban J connectivity index is 2.26. The first-order valence-corrected chi connectivity index (χ1v) is 7.02. The summed E-state index contributed by atoms with van der Waals surface area (Å²) < 4.78 is 14.2. The lowest BCUT2D eigenvalue weighted by Gasteiger charge is -2.27. The molecule has 1 aromatic carbocycles. The van der Waals surface area contributed by atoms with Crippen molar-refractivity contribution in [3.8, 4) is 0 Å². The van der Waals surface area contributed by atoms with E-state index in [1.54, 1.807) is 6.07 Å². The molecule has 0 bridgehead atoms. The molecule has 1 saturated carbocycles. The fourth-order valence-corrected chi connectivity index (χ4v) is 2.39. The van der Waals surface area contributed by atoms with E-state index >= 15 is 0 Å². The average molecular weight is 250 g/mol. The molecule has 3 heteroatoms. The molecule has 0 aromatic heterocycles. The van der Waals surface area contributed by atoms with E-state index in [1.165, 1.54) is 12.8 Å². The molecular formula is C15H23FN2. The molecule has 1 aromatic rings. The lowest BCUT2D eigenvalue weighted by atomic mass is 10.1. The molecule has 0 amide bonds. The Morgan fingerprint density at radius 1 is 1.33 bits per heavy atom. The van der Waals surface area contributed by atoms with E-state index in [-0.39, 0.29) is 5.82 Å². The summed E-state index contributed by atoms with van der Waals surface area (Å²) in [5.74, 6) is -0.0780. The standard InChI is InChI=1S/C15H23FN2/c1-3-10-18(13-8-9-13)15-12(11-17-4-2)6-5-7-14(15)16/h5-7,13,17H,3-4,8-11H2,1-2H3. The first-order chi connectivity index (χ1) is 8.77. The molecular weight excluding hydrogens is 227 g/mol. The number of nitrogens with zero attached hydrogens (tertiary/aromatic N) is 1. The molecule has 1 aliphatic carbocycles. The third-order valence-electron chi connectivity index (χ3n) is 3.38. The van der Waals surface area contributed by atoms with Crippen molar-refractivity contribution in [1.82, 2.24) is 5.32 Å². The number of para-hydroxylation sites is 1. The highest BCUT2D eigenvalue weighted by Gasteiger charge is 2.31. The lowest BCUT2D eigenvalue weighted by Crippen LogP contribution is -2.29. The van der Waals surface area contributed by atoms with Gasteiger partial charge in [-0.25, -0.2) is 4.39 Å². The zero-order valence-corrected chi connectivity index (χ0v) is 11.4. The Morgan fingerprint density at radius 2 is 2.11 bits per heavy atom. The van der Waals surface area contributed by atoms with Crippen molar-refractivity contribution < 1.29 is 4.39 Å². The summed E-state index contributed by atoms with van der Waals surface area (Å²) in [5, 5.41) is 3.30. The summed E-state index contributed by atoms with van der Waals surface area (Å²) in [7, 11) is 0. The molecule has 0 aliphatic heterocycles. The van der Waals surface area contributed by atoms with Crippen molar-refractivity contribution in [2.24, 2.45) is 0 Å². The first kappa shape index (κ1) is 13.3. The lowest BCUT2D eigenvalue weighted by molar-refractivity contribution is 0.606. The summed E-state index contributed by atoms with van der Waals surface area (Å²) in [6, 6.07) is 5.98. The van der Waals surface area contributed by atoms with Crippen LogP contribution in [0, 0.1) is 5.82 Å². The van der Waals surface area contributed by atoms with E-state index < -0.39 is 0 Å². The van der Waals surface area contributed by atoms with Crippen molar-refractivity contribution in [1.29, 1.82) is 0 Å². The molecule has 0 radical (unpaired) electrons. The maximum atomic E-state index is 14.2. The summed E-state index contributed by atoms with van der Waals surface area (Å²) in [6.45, 7) is 6.83. The quantitative estimate of drug-likeness (QED) is 0.798. The third-order valence-corrected chi connectivity index (χ3v) is 3.38. The molecule has 0 saturated heterocycles. The molecule has 1 fully saturated rings. The molecule has 1 aliphatic rings. The highest BCUT2D eigenvalue weighted by molar-refractivity contribution is 5.56. The van der Waals surface area contributed by atoms with Gasteiger partial charge in [0.2, 0.25) is 0 Å². The molecule has 2 rings (SSSR count). The van der Waals surface area contributed by atoms with Crippen LogP contribution in [-0.4, -0.2) is 19.1 Å². The fraction of sp³-hybridized carbons (Fsp3) is 0.600. The van der Waals surface area contributed by atoms with Gasteiger partial charge in [0.05, 0.1) is 5.69 Å². The maximum Gasteiger partial charge on any atom is 0.146 e. The molecule has 0 unspecified atom stereocenters. The SMILES string of the molecule is CCCN(c1c(F)cccc1CNCC)C1CC1. The topological polar surface area (TPSA) is 15.3 Å². The van der Waals surface area contributed by atoms with E-state index in [2.05, 4.69) is 24.1 Å². The molecule has 18 heavy (non-hydrogen) atoms. The smallest absolute Gasteiger partial charge is 0.146 e. The highest BCUT2D eigenvalue weighted by atomic mass is 19.1. The second kappa shape index (κ2) is 6.19. The second-order valence-corrected chi connectivity index (χ2v) is 4.95. The van der Waals surface area contributed by atoms with Crippen molar-refractivity contribution in [2.75, 3.05) is 18.0 Å². The average Bonchev–Trinajstić information content (AvgIpc) is 3.18. The Morgan fingerprint density at radius 3 is 2.72 bits per heavy atom. The van der Waals surface area contributed by atoms with Crippen molar-refractivity contribution in [3.05, 3.63) is 29.6 Å². The minimum atomic E-state index is -0.0780. The summed E-state index contributed by atoms with van der Waals surface area (Å²) in [6.07, 6.45) is 3.47. The van der Waals surface area contributed by atoms with Gasteiger partial charge in [-0.05, 0) is 37.4 Å². The number of benzene rings is 1. The highest BCUT2D eigenvalue weighted by Crippen LogP contribution is 2.35. The van der Waals surface area contributed by atoms with Crippen molar-refractivity contribution in [2.45, 2.75) is 45.7 Å². The zero-order chi connectivity index (χ0) is 13.0. The van der Waals surface area contributed by atoms with Crippen LogP contribution in [0.4, 0.5) is 10.1 Å². The van der Waals surface area contributed by atoms with E-state index in [4.69, 9.17) is 0 Å². The minimum absolute atomic E-state index is 0.0780. The van der Waals surface area contributed by atoms with Crippen molar-refractivity contribution in [3.63, 3.8) is 0 Å². The zero-order valence-electron chi connectivity index (χ0n) is 11.4. The summed E-state index contributed by atoms with van der Waals surface area (Å²) >= 11 is 0. The third kappa shape index (κ3) is 3.02. The fourth-order valence-electron chi connectivity index (χ4n) is 2.39. The molecule has 1 N–H and O–H groups in total. The maximum absolute atomic E-state index is 14.2. The number of hydrogen-bond donors (Lipinski definition) is 1. The number of hydrogen-bond acceptors (Lipinski definition) is 2. The van der Waals surface area contributed by atoms with Crippen LogP contribution in [0.2, 0.25) is 0 Å². The molecule has 0 heterocycles.